The molecule has 5 rings (SSSR count). The number of carbonyl (C=O) groups is 3. The second-order valence-electron chi connectivity index (χ2n) is 9.16. The van der Waals surface area contributed by atoms with Gasteiger partial charge in [-0.15, -0.1) is 0 Å². The Morgan fingerprint density at radius 2 is 1.71 bits per heavy atom. The first-order valence-corrected chi connectivity index (χ1v) is 11.8. The van der Waals surface area contributed by atoms with Crippen LogP contribution >= 0.6 is 0 Å². The van der Waals surface area contributed by atoms with Crippen LogP contribution in [0, 0.1) is 5.92 Å². The summed E-state index contributed by atoms with van der Waals surface area (Å²) in [5.41, 5.74) is 4.52. The van der Waals surface area contributed by atoms with Gasteiger partial charge in [0.25, 0.3) is 5.91 Å². The molecule has 1 aliphatic carbocycles. The number of carbonyl (C=O) groups excluding carboxylic acids is 2. The third kappa shape index (κ3) is 4.37. The summed E-state index contributed by atoms with van der Waals surface area (Å²) >= 11 is 0. The molecular weight excluding hydrogens is 452 g/mol. The predicted molar refractivity (Wildman–Crippen MR) is 125 cm³/mol. The minimum absolute atomic E-state index is 0.0601. The molecular formula is C26H28N2O7. The van der Waals surface area contributed by atoms with E-state index in [1.54, 1.807) is 7.05 Å². The van der Waals surface area contributed by atoms with E-state index in [2.05, 4.69) is 17.4 Å². The van der Waals surface area contributed by atoms with E-state index in [1.165, 1.54) is 4.90 Å². The Labute approximate surface area is 203 Å². The van der Waals surface area contributed by atoms with Gasteiger partial charge in [0.1, 0.15) is 12.5 Å². The lowest BCUT2D eigenvalue weighted by molar-refractivity contribution is -0.147. The van der Waals surface area contributed by atoms with Crippen LogP contribution in [0.4, 0.5) is 4.79 Å². The smallest absolute Gasteiger partial charge is 0.407 e. The van der Waals surface area contributed by atoms with E-state index >= 15 is 0 Å². The van der Waals surface area contributed by atoms with Gasteiger partial charge >= 0.3 is 12.1 Å². The zero-order valence-electron chi connectivity index (χ0n) is 19.4. The van der Waals surface area contributed by atoms with Gasteiger partial charge in [-0.05, 0) is 28.7 Å². The van der Waals surface area contributed by atoms with Crippen molar-refractivity contribution in [2.75, 3.05) is 33.5 Å². The molecule has 2 heterocycles. The fourth-order valence-electron chi connectivity index (χ4n) is 5.30. The van der Waals surface area contributed by atoms with Gasteiger partial charge in [0, 0.05) is 19.6 Å². The number of aliphatic carboxylic acids is 1. The van der Waals surface area contributed by atoms with Gasteiger partial charge in [0.05, 0.1) is 25.3 Å². The molecule has 184 valence electrons. The Bertz CT molecular complexity index is 1090. The third-order valence-electron chi connectivity index (χ3n) is 7.19. The van der Waals surface area contributed by atoms with Gasteiger partial charge in [0.15, 0.2) is 6.10 Å². The molecule has 0 saturated carbocycles. The molecule has 0 bridgehead atoms. The van der Waals surface area contributed by atoms with Crippen LogP contribution in [0.25, 0.3) is 11.1 Å². The number of ether oxygens (including phenoxy) is 3. The normalized spacial score (nSPS) is 25.1. The minimum atomic E-state index is -1.01. The van der Waals surface area contributed by atoms with Crippen LogP contribution in [0.15, 0.2) is 48.5 Å². The second-order valence-corrected chi connectivity index (χ2v) is 9.16. The Hall–Kier alpha value is -3.43. The van der Waals surface area contributed by atoms with Crippen molar-refractivity contribution < 1.29 is 33.7 Å². The number of hydrogen-bond donors (Lipinski definition) is 2. The number of alkyl carbamates (subject to hydrolysis) is 1. The molecule has 0 radical (unpaired) electrons. The van der Waals surface area contributed by atoms with E-state index in [9.17, 15) is 19.5 Å². The quantitative estimate of drug-likeness (QED) is 0.652. The number of amides is 2. The summed E-state index contributed by atoms with van der Waals surface area (Å²) in [4.78, 5) is 38.6. The first kappa shape index (κ1) is 23.3. The molecule has 2 aliphatic heterocycles. The lowest BCUT2D eigenvalue weighted by atomic mass is 9.98. The van der Waals surface area contributed by atoms with Gasteiger partial charge in [-0.3, -0.25) is 9.59 Å². The van der Waals surface area contributed by atoms with Crippen LogP contribution in [0.2, 0.25) is 0 Å². The average Bonchev–Trinajstić information content (AvgIpc) is 3.60. The highest BCUT2D eigenvalue weighted by molar-refractivity contribution is 5.84. The number of benzene rings is 2. The summed E-state index contributed by atoms with van der Waals surface area (Å²) < 4.78 is 16.5. The van der Waals surface area contributed by atoms with Crippen LogP contribution in [0.5, 0.6) is 0 Å². The molecule has 4 atom stereocenters. The zero-order valence-corrected chi connectivity index (χ0v) is 19.4. The van der Waals surface area contributed by atoms with Crippen LogP contribution in [0.3, 0.4) is 0 Å². The van der Waals surface area contributed by atoms with Crippen molar-refractivity contribution in [3.63, 3.8) is 0 Å². The molecule has 0 spiro atoms. The maximum absolute atomic E-state index is 13.1. The molecule has 9 heteroatoms. The van der Waals surface area contributed by atoms with Crippen LogP contribution in [0.1, 0.15) is 23.5 Å². The van der Waals surface area contributed by atoms with Crippen molar-refractivity contribution in [1.82, 2.24) is 10.2 Å². The monoisotopic (exact) mass is 480 g/mol. The average molecular weight is 481 g/mol. The fourth-order valence-corrected chi connectivity index (χ4v) is 5.30. The van der Waals surface area contributed by atoms with E-state index in [-0.39, 0.29) is 31.6 Å². The summed E-state index contributed by atoms with van der Waals surface area (Å²) in [6, 6.07) is 15.0. The lowest BCUT2D eigenvalue weighted by Gasteiger charge is -2.30. The van der Waals surface area contributed by atoms with Crippen LogP contribution < -0.4 is 5.32 Å². The van der Waals surface area contributed by atoms with Crippen LogP contribution in [-0.2, 0) is 23.8 Å². The molecule has 2 aromatic rings. The largest absolute Gasteiger partial charge is 0.481 e. The van der Waals surface area contributed by atoms with Gasteiger partial charge in [0.2, 0.25) is 0 Å². The van der Waals surface area contributed by atoms with Gasteiger partial charge in [-0.2, -0.15) is 0 Å². The molecule has 3 aliphatic rings. The molecule has 35 heavy (non-hydrogen) atoms. The number of fused-ring (bicyclic) bond motifs is 3. The molecule has 2 saturated heterocycles. The lowest BCUT2D eigenvalue weighted by Crippen LogP contribution is -2.53. The number of carboxylic acid groups (broad SMARTS) is 1. The van der Waals surface area contributed by atoms with Gasteiger partial charge in [-0.25, -0.2) is 4.79 Å². The first-order chi connectivity index (χ1) is 17.0. The summed E-state index contributed by atoms with van der Waals surface area (Å²) in [7, 11) is 1.55. The number of rotatable bonds is 6. The van der Waals surface area contributed by atoms with Crippen molar-refractivity contribution in [3.8, 4) is 11.1 Å². The summed E-state index contributed by atoms with van der Waals surface area (Å²) in [5, 5.41) is 12.2. The Kier molecular flexibility index (Phi) is 6.44. The summed E-state index contributed by atoms with van der Waals surface area (Å²) in [5.74, 6) is -2.24. The second kappa shape index (κ2) is 9.67. The zero-order chi connectivity index (χ0) is 24.5. The maximum Gasteiger partial charge on any atom is 0.407 e. The van der Waals surface area contributed by atoms with Crippen molar-refractivity contribution in [2.24, 2.45) is 5.92 Å². The molecule has 2 aromatic carbocycles. The summed E-state index contributed by atoms with van der Waals surface area (Å²) in [6.45, 7) is 0.689. The van der Waals surface area contributed by atoms with Gasteiger partial charge < -0.3 is 29.5 Å². The first-order valence-electron chi connectivity index (χ1n) is 11.8. The van der Waals surface area contributed by atoms with E-state index < -0.39 is 36.2 Å². The Morgan fingerprint density at radius 3 is 2.37 bits per heavy atom. The molecule has 0 aromatic heterocycles. The van der Waals surface area contributed by atoms with E-state index in [1.807, 2.05) is 36.4 Å². The summed E-state index contributed by atoms with van der Waals surface area (Å²) in [6.07, 6.45) is -1.07. The highest BCUT2D eigenvalue weighted by atomic mass is 16.6. The molecule has 2 amide bonds. The topological polar surface area (TPSA) is 114 Å². The van der Waals surface area contributed by atoms with Crippen LogP contribution in [-0.4, -0.2) is 79.6 Å². The molecule has 4 unspecified atom stereocenters. The number of nitrogens with one attached hydrogen (secondary N) is 1. The van der Waals surface area contributed by atoms with Crippen molar-refractivity contribution >= 4 is 18.0 Å². The number of nitrogens with zero attached hydrogens (tertiary/aromatic N) is 1. The standard InChI is InChI=1S/C26H28N2O7/c1-28(22-14-33-12-20(22)25(30)31)24(29)23-21(10-11-34-23)27-26(32)35-13-19-17-8-4-2-6-15(17)16-7-3-5-9-18(16)19/h2-9,19-23H,10-14H2,1H3,(H,27,32)(H,30,31). The number of hydrogen-bond acceptors (Lipinski definition) is 6. The SMILES string of the molecule is CN(C(=O)C1OCCC1NC(=O)OCC1c2ccccc2-c2ccccc21)C1COCC1C(=O)O. The van der Waals surface area contributed by atoms with Crippen molar-refractivity contribution in [2.45, 2.75) is 30.5 Å². The molecule has 2 N–H and O–H groups in total. The molecule has 2 fully saturated rings. The van der Waals surface area contributed by atoms with E-state index in [0.29, 0.717) is 13.0 Å². The molecule has 9 nitrogen and oxygen atoms in total. The Morgan fingerprint density at radius 1 is 1.06 bits per heavy atom. The van der Waals surface area contributed by atoms with Crippen molar-refractivity contribution in [3.05, 3.63) is 59.7 Å². The maximum atomic E-state index is 13.1. The minimum Gasteiger partial charge on any atom is -0.481 e. The van der Waals surface area contributed by atoms with E-state index in [4.69, 9.17) is 14.2 Å². The van der Waals surface area contributed by atoms with E-state index in [0.717, 1.165) is 22.3 Å². The number of carboxylic acids is 1. The fraction of sp³-hybridized carbons (Fsp3) is 0.423. The highest BCUT2D eigenvalue weighted by Crippen LogP contribution is 2.44. The highest BCUT2D eigenvalue weighted by Gasteiger charge is 2.44. The third-order valence-corrected chi connectivity index (χ3v) is 7.19. The van der Waals surface area contributed by atoms with Crippen molar-refractivity contribution in [1.29, 1.82) is 0 Å². The number of likely N-dealkylation sites (N-methyl/N-ethyl adjacent to an activating group) is 1. The Balaban J connectivity index is 1.21. The predicted octanol–water partition coefficient (Wildman–Crippen LogP) is 2.24. The van der Waals surface area contributed by atoms with Gasteiger partial charge in [-0.1, -0.05) is 48.5 Å².